The SMILES string of the molecule is CCCN(CCC)c1ncnc2c1ncn2[C@@H]1O[C@@H]2COP(=O)(O)O[C@H]2[C@H]1O.[Na]. The van der Waals surface area contributed by atoms with Gasteiger partial charge in [-0.3, -0.25) is 13.6 Å². The molecule has 1 unspecified atom stereocenters. The number of hydrogen-bond acceptors (Lipinski definition) is 9. The average molecular weight is 436 g/mol. The number of rotatable bonds is 6. The molecule has 13 heteroatoms. The summed E-state index contributed by atoms with van der Waals surface area (Å²) in [6.45, 7) is 5.75. The number of aromatic nitrogens is 4. The number of anilines is 1. The standard InChI is InChI=1S/C16H24N5O6P.Na/c1-3-5-20(6-4-2)14-11-15(18-8-17-14)21(9-19-11)16-12(22)13-10(26-16)7-25-28(23,24)27-13;/h8-10,12-13,16,22H,3-7H2,1-2H3,(H,23,24);/t10-,12-,13-,16-;/m1./s1. The van der Waals surface area contributed by atoms with Crippen molar-refractivity contribution in [1.82, 2.24) is 19.5 Å². The Kier molecular flexibility index (Phi) is 7.35. The topological polar surface area (TPSA) is 132 Å². The predicted octanol–water partition coefficient (Wildman–Crippen LogP) is 0.846. The Hall–Kier alpha value is -0.620. The second-order valence-electron chi connectivity index (χ2n) is 6.90. The summed E-state index contributed by atoms with van der Waals surface area (Å²) in [7, 11) is -4.18. The number of hydrogen-bond donors (Lipinski definition) is 2. The van der Waals surface area contributed by atoms with Crippen LogP contribution in [0.25, 0.3) is 11.2 Å². The minimum absolute atomic E-state index is 0. The van der Waals surface area contributed by atoms with Crippen LogP contribution in [0.15, 0.2) is 12.7 Å². The fourth-order valence-corrected chi connectivity index (χ4v) is 4.65. The van der Waals surface area contributed by atoms with Crippen LogP contribution in [0.2, 0.25) is 0 Å². The smallest absolute Gasteiger partial charge is 0.386 e. The Morgan fingerprint density at radius 2 is 2.00 bits per heavy atom. The predicted molar refractivity (Wildman–Crippen MR) is 104 cm³/mol. The zero-order valence-electron chi connectivity index (χ0n) is 16.7. The van der Waals surface area contributed by atoms with Gasteiger partial charge in [0.25, 0.3) is 0 Å². The van der Waals surface area contributed by atoms with E-state index in [2.05, 4.69) is 33.7 Å². The Labute approximate surface area is 190 Å². The van der Waals surface area contributed by atoms with Crippen LogP contribution < -0.4 is 4.90 Å². The van der Waals surface area contributed by atoms with Gasteiger partial charge in [-0.05, 0) is 12.8 Å². The van der Waals surface area contributed by atoms with Crippen molar-refractivity contribution in [2.75, 3.05) is 24.6 Å². The number of aliphatic hydroxyl groups excluding tert-OH is 1. The average Bonchev–Trinajstić information content (AvgIpc) is 3.22. The number of fused-ring (bicyclic) bond motifs is 2. The van der Waals surface area contributed by atoms with Gasteiger partial charge >= 0.3 is 7.82 Å². The minimum Gasteiger partial charge on any atom is -0.386 e. The third kappa shape index (κ3) is 4.39. The van der Waals surface area contributed by atoms with Crippen molar-refractivity contribution in [2.24, 2.45) is 0 Å². The van der Waals surface area contributed by atoms with Crippen LogP contribution in [-0.2, 0) is 18.3 Å². The van der Waals surface area contributed by atoms with Crippen LogP contribution in [0.3, 0.4) is 0 Å². The Bertz CT molecular complexity index is 894. The summed E-state index contributed by atoms with van der Waals surface area (Å²) < 4.78 is 28.9. The minimum atomic E-state index is -4.18. The summed E-state index contributed by atoms with van der Waals surface area (Å²) in [5.41, 5.74) is 1.12. The molecule has 2 aromatic rings. The van der Waals surface area contributed by atoms with E-state index in [4.69, 9.17) is 13.8 Å². The van der Waals surface area contributed by atoms with E-state index in [-0.39, 0.29) is 36.2 Å². The first-order valence-corrected chi connectivity index (χ1v) is 10.9. The summed E-state index contributed by atoms with van der Waals surface area (Å²) in [4.78, 5) is 24.9. The van der Waals surface area contributed by atoms with Crippen molar-refractivity contribution in [3.8, 4) is 0 Å². The normalized spacial score (nSPS) is 31.4. The van der Waals surface area contributed by atoms with Crippen molar-refractivity contribution in [2.45, 2.75) is 51.2 Å². The van der Waals surface area contributed by atoms with Crippen molar-refractivity contribution >= 4 is 54.4 Å². The Balaban J connectivity index is 0.00000240. The van der Waals surface area contributed by atoms with Crippen molar-refractivity contribution in [3.05, 3.63) is 12.7 Å². The molecule has 2 fully saturated rings. The summed E-state index contributed by atoms with van der Waals surface area (Å²) in [5.74, 6) is 0.733. The van der Waals surface area contributed by atoms with Gasteiger partial charge in [-0.1, -0.05) is 13.8 Å². The van der Waals surface area contributed by atoms with Gasteiger partial charge in [0.1, 0.15) is 24.6 Å². The first-order chi connectivity index (χ1) is 13.4. The zero-order valence-corrected chi connectivity index (χ0v) is 19.6. The molecule has 0 aliphatic carbocycles. The van der Waals surface area contributed by atoms with Crippen LogP contribution in [-0.4, -0.2) is 97.1 Å². The fourth-order valence-electron chi connectivity index (χ4n) is 3.69. The molecule has 155 valence electrons. The molecule has 11 nitrogen and oxygen atoms in total. The number of phosphoric acid groups is 1. The molecule has 2 aromatic heterocycles. The number of nitrogens with zero attached hydrogens (tertiary/aromatic N) is 5. The molecule has 2 N–H and O–H groups in total. The van der Waals surface area contributed by atoms with Crippen molar-refractivity contribution in [3.63, 3.8) is 0 Å². The molecular formula is C16H24N5NaO6P. The number of ether oxygens (including phenoxy) is 1. The van der Waals surface area contributed by atoms with Crippen LogP contribution in [0, 0.1) is 0 Å². The van der Waals surface area contributed by atoms with Crippen LogP contribution in [0.5, 0.6) is 0 Å². The molecule has 2 aliphatic heterocycles. The number of phosphoric ester groups is 1. The molecule has 4 rings (SSSR count). The fraction of sp³-hybridized carbons (Fsp3) is 0.688. The maximum Gasteiger partial charge on any atom is 0.472 e. The molecule has 0 amide bonds. The molecule has 0 aromatic carbocycles. The van der Waals surface area contributed by atoms with E-state index >= 15 is 0 Å². The third-order valence-electron chi connectivity index (χ3n) is 4.87. The first-order valence-electron chi connectivity index (χ1n) is 9.37. The van der Waals surface area contributed by atoms with E-state index in [0.717, 1.165) is 31.7 Å². The van der Waals surface area contributed by atoms with Crippen LogP contribution in [0.4, 0.5) is 5.82 Å². The summed E-state index contributed by atoms with van der Waals surface area (Å²) in [5, 5.41) is 10.7. The molecule has 2 saturated heterocycles. The van der Waals surface area contributed by atoms with Gasteiger partial charge in [0.15, 0.2) is 23.2 Å². The van der Waals surface area contributed by atoms with Gasteiger partial charge in [0.05, 0.1) is 12.9 Å². The molecule has 4 heterocycles. The van der Waals surface area contributed by atoms with E-state index < -0.39 is 32.4 Å². The summed E-state index contributed by atoms with van der Waals surface area (Å²) in [6.07, 6.45) is 1.27. The third-order valence-corrected chi connectivity index (χ3v) is 5.85. The molecule has 0 bridgehead atoms. The van der Waals surface area contributed by atoms with Gasteiger partial charge in [-0.15, -0.1) is 0 Å². The van der Waals surface area contributed by atoms with Gasteiger partial charge < -0.3 is 19.6 Å². The van der Waals surface area contributed by atoms with E-state index in [1.54, 1.807) is 4.57 Å². The monoisotopic (exact) mass is 436 g/mol. The maximum absolute atomic E-state index is 11.7. The summed E-state index contributed by atoms with van der Waals surface area (Å²) >= 11 is 0. The van der Waals surface area contributed by atoms with E-state index in [1.165, 1.54) is 12.7 Å². The first kappa shape index (κ1) is 23.1. The van der Waals surface area contributed by atoms with E-state index in [1.807, 2.05) is 0 Å². The Morgan fingerprint density at radius 3 is 2.69 bits per heavy atom. The largest absolute Gasteiger partial charge is 0.472 e. The molecule has 29 heavy (non-hydrogen) atoms. The zero-order chi connectivity index (χ0) is 19.9. The van der Waals surface area contributed by atoms with Crippen molar-refractivity contribution < 1.29 is 28.3 Å². The molecule has 1 radical (unpaired) electrons. The van der Waals surface area contributed by atoms with Gasteiger partial charge in [-0.25, -0.2) is 19.5 Å². The summed E-state index contributed by atoms with van der Waals surface area (Å²) in [6, 6.07) is 0. The Morgan fingerprint density at radius 1 is 1.28 bits per heavy atom. The van der Waals surface area contributed by atoms with Crippen LogP contribution >= 0.6 is 7.82 Å². The van der Waals surface area contributed by atoms with Gasteiger partial charge in [0, 0.05) is 42.6 Å². The van der Waals surface area contributed by atoms with Crippen LogP contribution in [0.1, 0.15) is 32.9 Å². The maximum atomic E-state index is 11.7. The molecular weight excluding hydrogens is 412 g/mol. The second-order valence-corrected chi connectivity index (χ2v) is 8.30. The van der Waals surface area contributed by atoms with Gasteiger partial charge in [-0.2, -0.15) is 0 Å². The molecule has 2 aliphatic rings. The quantitative estimate of drug-likeness (QED) is 0.496. The molecule has 0 spiro atoms. The number of imidazole rings is 1. The molecule has 0 saturated carbocycles. The van der Waals surface area contributed by atoms with E-state index in [9.17, 15) is 14.6 Å². The van der Waals surface area contributed by atoms with Crippen molar-refractivity contribution in [1.29, 1.82) is 0 Å². The molecule has 5 atom stereocenters. The second kappa shape index (κ2) is 9.25. The van der Waals surface area contributed by atoms with E-state index in [0.29, 0.717) is 11.2 Å². The van der Waals surface area contributed by atoms with Gasteiger partial charge in [0.2, 0.25) is 0 Å². The number of aliphatic hydroxyl groups is 1.